The third-order valence-corrected chi connectivity index (χ3v) is 6.43. The lowest BCUT2D eigenvalue weighted by Gasteiger charge is -2.31. The Morgan fingerprint density at radius 3 is 2.58 bits per heavy atom. The molecule has 3 aromatic heterocycles. The van der Waals surface area contributed by atoms with Gasteiger partial charge >= 0.3 is 6.18 Å². The van der Waals surface area contributed by atoms with E-state index >= 15 is 0 Å². The third-order valence-electron chi connectivity index (χ3n) is 6.43. The van der Waals surface area contributed by atoms with Gasteiger partial charge in [0.2, 0.25) is 5.89 Å². The Labute approximate surface area is 176 Å². The van der Waals surface area contributed by atoms with Crippen molar-refractivity contribution in [2.45, 2.75) is 63.5 Å². The van der Waals surface area contributed by atoms with Crippen LogP contribution in [0.2, 0.25) is 0 Å². The molecule has 8 nitrogen and oxygen atoms in total. The average molecular weight is 435 g/mol. The highest BCUT2D eigenvalue weighted by atomic mass is 19.4. The number of aromatic nitrogens is 6. The van der Waals surface area contributed by atoms with E-state index in [2.05, 4.69) is 27.4 Å². The molecule has 2 unspecified atom stereocenters. The van der Waals surface area contributed by atoms with Gasteiger partial charge in [-0.05, 0) is 43.7 Å². The van der Waals surface area contributed by atoms with Crippen LogP contribution in [0.3, 0.4) is 0 Å². The van der Waals surface area contributed by atoms with Crippen LogP contribution in [-0.4, -0.2) is 43.0 Å². The zero-order valence-electron chi connectivity index (χ0n) is 17.2. The maximum Gasteiger partial charge on any atom is 0.453 e. The van der Waals surface area contributed by atoms with E-state index in [9.17, 15) is 13.2 Å². The summed E-state index contributed by atoms with van der Waals surface area (Å²) >= 11 is 0. The van der Waals surface area contributed by atoms with Crippen LogP contribution in [0.5, 0.6) is 0 Å². The van der Waals surface area contributed by atoms with E-state index in [1.165, 1.54) is 18.9 Å². The summed E-state index contributed by atoms with van der Waals surface area (Å²) in [7, 11) is 0. The molecule has 1 saturated heterocycles. The van der Waals surface area contributed by atoms with E-state index in [0.29, 0.717) is 36.6 Å². The molecule has 166 valence electrons. The summed E-state index contributed by atoms with van der Waals surface area (Å²) in [6, 6.07) is 3.19. The number of hydrogen-bond donors (Lipinski definition) is 0. The van der Waals surface area contributed by atoms with Crippen LogP contribution in [-0.2, 0) is 6.18 Å². The molecule has 3 aromatic rings. The SMILES string of the molecule is CC1CCCC(c2noc(C3CCN(c4ccc5nnc(C(F)(F)F)n5n4)CC3)n2)C1. The van der Waals surface area contributed by atoms with E-state index < -0.39 is 12.0 Å². The maximum absolute atomic E-state index is 13.1. The highest BCUT2D eigenvalue weighted by Crippen LogP contribution is 2.36. The van der Waals surface area contributed by atoms with Gasteiger partial charge in [0.25, 0.3) is 5.82 Å². The lowest BCUT2D eigenvalue weighted by Crippen LogP contribution is -2.34. The molecule has 1 aliphatic heterocycles. The zero-order valence-corrected chi connectivity index (χ0v) is 17.2. The molecule has 0 aromatic carbocycles. The van der Waals surface area contributed by atoms with Crippen LogP contribution in [0, 0.1) is 5.92 Å². The van der Waals surface area contributed by atoms with Crippen molar-refractivity contribution in [2.24, 2.45) is 5.92 Å². The number of anilines is 1. The van der Waals surface area contributed by atoms with Gasteiger partial charge in [0.1, 0.15) is 5.82 Å². The fraction of sp³-hybridized carbons (Fsp3) is 0.650. The Hall–Kier alpha value is -2.72. The fourth-order valence-electron chi connectivity index (χ4n) is 4.73. The number of alkyl halides is 3. The van der Waals surface area contributed by atoms with Crippen LogP contribution >= 0.6 is 0 Å². The number of rotatable bonds is 3. The van der Waals surface area contributed by atoms with Gasteiger partial charge in [-0.15, -0.1) is 15.3 Å². The molecule has 11 heteroatoms. The van der Waals surface area contributed by atoms with E-state index in [4.69, 9.17) is 9.51 Å². The first-order valence-corrected chi connectivity index (χ1v) is 10.8. The van der Waals surface area contributed by atoms with Crippen LogP contribution in [0.1, 0.15) is 74.8 Å². The van der Waals surface area contributed by atoms with Crippen molar-refractivity contribution in [1.29, 1.82) is 0 Å². The average Bonchev–Trinajstić information content (AvgIpc) is 3.41. The number of piperidine rings is 1. The normalized spacial score (nSPS) is 23.5. The second-order valence-electron chi connectivity index (χ2n) is 8.70. The van der Waals surface area contributed by atoms with E-state index in [-0.39, 0.29) is 11.6 Å². The highest BCUT2D eigenvalue weighted by Gasteiger charge is 2.38. The lowest BCUT2D eigenvalue weighted by molar-refractivity contribution is -0.146. The molecule has 0 amide bonds. The minimum atomic E-state index is -4.61. The predicted octanol–water partition coefficient (Wildman–Crippen LogP) is 4.20. The third kappa shape index (κ3) is 3.97. The summed E-state index contributed by atoms with van der Waals surface area (Å²) in [5, 5.41) is 15.2. The van der Waals surface area contributed by atoms with Crippen molar-refractivity contribution in [3.63, 3.8) is 0 Å². The molecular formula is C20H24F3N7O. The van der Waals surface area contributed by atoms with Gasteiger partial charge < -0.3 is 9.42 Å². The molecule has 1 aliphatic carbocycles. The van der Waals surface area contributed by atoms with E-state index in [0.717, 1.165) is 36.0 Å². The zero-order chi connectivity index (χ0) is 21.6. The van der Waals surface area contributed by atoms with Crippen molar-refractivity contribution in [1.82, 2.24) is 30.0 Å². The largest absolute Gasteiger partial charge is 0.453 e. The first kappa shape index (κ1) is 20.2. The van der Waals surface area contributed by atoms with Gasteiger partial charge in [0, 0.05) is 24.9 Å². The minimum absolute atomic E-state index is 0.0707. The van der Waals surface area contributed by atoms with E-state index in [1.807, 2.05) is 4.90 Å². The number of halogens is 3. The maximum atomic E-state index is 13.1. The van der Waals surface area contributed by atoms with Crippen molar-refractivity contribution < 1.29 is 17.7 Å². The monoisotopic (exact) mass is 435 g/mol. The van der Waals surface area contributed by atoms with Gasteiger partial charge in [0.05, 0.1) is 0 Å². The van der Waals surface area contributed by atoms with Crippen LogP contribution in [0.15, 0.2) is 16.7 Å². The summed E-state index contributed by atoms with van der Waals surface area (Å²) in [5.41, 5.74) is 0.0707. The molecule has 1 saturated carbocycles. The molecule has 0 radical (unpaired) electrons. The first-order valence-electron chi connectivity index (χ1n) is 10.8. The Balaban J connectivity index is 1.27. The summed E-state index contributed by atoms with van der Waals surface area (Å²) < 4.78 is 45.7. The molecule has 31 heavy (non-hydrogen) atoms. The van der Waals surface area contributed by atoms with Crippen molar-refractivity contribution in [3.05, 3.63) is 29.7 Å². The summed E-state index contributed by atoms with van der Waals surface area (Å²) in [4.78, 5) is 6.67. The second-order valence-corrected chi connectivity index (χ2v) is 8.70. The van der Waals surface area contributed by atoms with Gasteiger partial charge in [-0.1, -0.05) is 24.9 Å². The smallest absolute Gasteiger partial charge is 0.355 e. The fourth-order valence-corrected chi connectivity index (χ4v) is 4.73. The molecule has 0 N–H and O–H groups in total. The quantitative estimate of drug-likeness (QED) is 0.609. The Bertz CT molecular complexity index is 1050. The van der Waals surface area contributed by atoms with Crippen molar-refractivity contribution in [2.75, 3.05) is 18.0 Å². The van der Waals surface area contributed by atoms with Crippen molar-refractivity contribution >= 4 is 11.5 Å². The number of hydrogen-bond acceptors (Lipinski definition) is 7. The molecule has 2 fully saturated rings. The predicted molar refractivity (Wildman–Crippen MR) is 105 cm³/mol. The first-order chi connectivity index (χ1) is 14.9. The van der Waals surface area contributed by atoms with Crippen molar-refractivity contribution in [3.8, 4) is 0 Å². The second kappa shape index (κ2) is 7.76. The van der Waals surface area contributed by atoms with Gasteiger partial charge in [-0.2, -0.15) is 22.7 Å². The summed E-state index contributed by atoms with van der Waals surface area (Å²) in [5.74, 6) is 2.08. The topological polar surface area (TPSA) is 85.2 Å². The molecule has 4 heterocycles. The van der Waals surface area contributed by atoms with Crippen LogP contribution < -0.4 is 4.90 Å². The molecule has 0 bridgehead atoms. The molecule has 2 atom stereocenters. The van der Waals surface area contributed by atoms with Crippen LogP contribution in [0.25, 0.3) is 5.65 Å². The summed E-state index contributed by atoms with van der Waals surface area (Å²) in [6.07, 6.45) is 1.62. The summed E-state index contributed by atoms with van der Waals surface area (Å²) in [6.45, 7) is 3.56. The highest BCUT2D eigenvalue weighted by molar-refractivity contribution is 5.46. The Morgan fingerprint density at radius 2 is 1.84 bits per heavy atom. The number of fused-ring (bicyclic) bond motifs is 1. The molecule has 5 rings (SSSR count). The number of nitrogens with zero attached hydrogens (tertiary/aromatic N) is 7. The van der Waals surface area contributed by atoms with E-state index in [1.54, 1.807) is 6.07 Å². The Morgan fingerprint density at radius 1 is 1.03 bits per heavy atom. The molecule has 0 spiro atoms. The Kier molecular flexibility index (Phi) is 5.05. The molecular weight excluding hydrogens is 411 g/mol. The van der Waals surface area contributed by atoms with Crippen LogP contribution in [0.4, 0.5) is 19.0 Å². The van der Waals surface area contributed by atoms with Gasteiger partial charge in [0.15, 0.2) is 11.5 Å². The minimum Gasteiger partial charge on any atom is -0.355 e. The van der Waals surface area contributed by atoms with Gasteiger partial charge in [-0.25, -0.2) is 0 Å². The lowest BCUT2D eigenvalue weighted by atomic mass is 9.82. The standard InChI is InChI=1S/C20H24F3N7O/c1-12-3-2-4-14(11-12)17-24-18(31-28-17)13-7-9-29(10-8-13)16-6-5-15-25-26-19(20(21,22)23)30(15)27-16/h5-6,12-14H,2-4,7-11H2,1H3. The molecule has 2 aliphatic rings. The van der Waals surface area contributed by atoms with Gasteiger partial charge in [-0.3, -0.25) is 0 Å².